The largest absolute Gasteiger partial charge is 0.388 e. The van der Waals surface area contributed by atoms with E-state index in [4.69, 9.17) is 18.0 Å². The van der Waals surface area contributed by atoms with Crippen LogP contribution in [-0.2, 0) is 6.54 Å². The molecule has 2 N–H and O–H groups in total. The van der Waals surface area contributed by atoms with Crippen LogP contribution in [0.4, 0.5) is 0 Å². The first-order valence-corrected chi connectivity index (χ1v) is 6.52. The van der Waals surface area contributed by atoms with E-state index in [1.165, 1.54) is 11.1 Å². The molecule has 2 aromatic rings. The highest BCUT2D eigenvalue weighted by molar-refractivity contribution is 7.80. The summed E-state index contributed by atoms with van der Waals surface area (Å²) in [7, 11) is 0. The molecule has 94 valence electrons. The van der Waals surface area contributed by atoms with Gasteiger partial charge in [0.15, 0.2) is 0 Å². The third kappa shape index (κ3) is 2.79. The summed E-state index contributed by atoms with van der Waals surface area (Å²) in [4.78, 5) is 0.443. The summed E-state index contributed by atoms with van der Waals surface area (Å²) in [5.41, 5.74) is 9.22. The Kier molecular flexibility index (Phi) is 3.82. The number of rotatable bonds is 4. The molecule has 0 aliphatic heterocycles. The third-order valence-corrected chi connectivity index (χ3v) is 3.29. The standard InChI is InChI=1S/C15H18N2S/c1-11(2)13-7-5-12(6-8-13)10-17-9-3-4-14(17)15(16)18/h3-9,11H,10H2,1-2H3,(H2,16,18). The molecule has 0 atom stereocenters. The summed E-state index contributed by atoms with van der Waals surface area (Å²) < 4.78 is 2.08. The predicted molar refractivity (Wildman–Crippen MR) is 80.0 cm³/mol. The summed E-state index contributed by atoms with van der Waals surface area (Å²) in [5, 5.41) is 0. The highest BCUT2D eigenvalue weighted by Gasteiger charge is 2.04. The van der Waals surface area contributed by atoms with Gasteiger partial charge in [-0.15, -0.1) is 0 Å². The number of nitrogens with two attached hydrogens (primary N) is 1. The summed E-state index contributed by atoms with van der Waals surface area (Å²) in [6, 6.07) is 12.6. The van der Waals surface area contributed by atoms with E-state index in [0.717, 1.165) is 12.2 Å². The van der Waals surface area contributed by atoms with Crippen LogP contribution in [0, 0.1) is 0 Å². The molecule has 0 aliphatic carbocycles. The zero-order chi connectivity index (χ0) is 13.1. The van der Waals surface area contributed by atoms with Crippen LogP contribution in [0.1, 0.15) is 36.6 Å². The molecule has 0 bridgehead atoms. The van der Waals surface area contributed by atoms with Gasteiger partial charge < -0.3 is 10.3 Å². The van der Waals surface area contributed by atoms with Crippen molar-refractivity contribution in [1.29, 1.82) is 0 Å². The van der Waals surface area contributed by atoms with Crippen LogP contribution in [-0.4, -0.2) is 9.56 Å². The molecule has 1 aromatic heterocycles. The second-order valence-corrected chi connectivity index (χ2v) is 5.22. The molecule has 3 heteroatoms. The molecular weight excluding hydrogens is 240 g/mol. The lowest BCUT2D eigenvalue weighted by Gasteiger charge is -2.10. The van der Waals surface area contributed by atoms with Crippen molar-refractivity contribution in [3.63, 3.8) is 0 Å². The number of hydrogen-bond donors (Lipinski definition) is 1. The smallest absolute Gasteiger partial charge is 0.120 e. The van der Waals surface area contributed by atoms with Gasteiger partial charge in [-0.2, -0.15) is 0 Å². The van der Waals surface area contributed by atoms with E-state index in [1.807, 2.05) is 18.3 Å². The van der Waals surface area contributed by atoms with E-state index in [9.17, 15) is 0 Å². The van der Waals surface area contributed by atoms with Crippen molar-refractivity contribution in [2.45, 2.75) is 26.3 Å². The van der Waals surface area contributed by atoms with Crippen molar-refractivity contribution in [3.8, 4) is 0 Å². The minimum Gasteiger partial charge on any atom is -0.388 e. The Balaban J connectivity index is 2.18. The number of benzene rings is 1. The lowest BCUT2D eigenvalue weighted by Crippen LogP contribution is -2.15. The van der Waals surface area contributed by atoms with Crippen LogP contribution < -0.4 is 5.73 Å². The van der Waals surface area contributed by atoms with Crippen molar-refractivity contribution in [1.82, 2.24) is 4.57 Å². The summed E-state index contributed by atoms with van der Waals surface area (Å²) in [5.74, 6) is 0.567. The molecule has 0 aliphatic rings. The van der Waals surface area contributed by atoms with Gasteiger partial charge in [-0.25, -0.2) is 0 Å². The van der Waals surface area contributed by atoms with Gasteiger partial charge in [0.05, 0.1) is 5.69 Å². The molecule has 2 rings (SSSR count). The molecule has 2 nitrogen and oxygen atoms in total. The van der Waals surface area contributed by atoms with Crippen molar-refractivity contribution in [3.05, 3.63) is 59.4 Å². The van der Waals surface area contributed by atoms with Gasteiger partial charge in [0.2, 0.25) is 0 Å². The topological polar surface area (TPSA) is 30.9 Å². The molecular formula is C15H18N2S. The first-order chi connectivity index (χ1) is 8.58. The van der Waals surface area contributed by atoms with Crippen molar-refractivity contribution in [2.24, 2.45) is 5.73 Å². The van der Waals surface area contributed by atoms with Crippen LogP contribution in [0.25, 0.3) is 0 Å². The van der Waals surface area contributed by atoms with E-state index >= 15 is 0 Å². The zero-order valence-electron chi connectivity index (χ0n) is 10.8. The summed E-state index contributed by atoms with van der Waals surface area (Å²) in [6.45, 7) is 5.20. The summed E-state index contributed by atoms with van der Waals surface area (Å²) in [6.07, 6.45) is 2.00. The number of aromatic nitrogens is 1. The second kappa shape index (κ2) is 5.36. The van der Waals surface area contributed by atoms with Gasteiger partial charge in [-0.3, -0.25) is 0 Å². The minimum absolute atomic E-state index is 0.443. The highest BCUT2D eigenvalue weighted by Crippen LogP contribution is 2.16. The Hall–Kier alpha value is -1.61. The van der Waals surface area contributed by atoms with Gasteiger partial charge in [0.25, 0.3) is 0 Å². The van der Waals surface area contributed by atoms with Gasteiger partial charge >= 0.3 is 0 Å². The van der Waals surface area contributed by atoms with E-state index in [-0.39, 0.29) is 0 Å². The second-order valence-electron chi connectivity index (χ2n) is 4.78. The first kappa shape index (κ1) is 12.8. The maximum absolute atomic E-state index is 5.69. The van der Waals surface area contributed by atoms with Gasteiger partial charge in [0.1, 0.15) is 4.99 Å². The SMILES string of the molecule is CC(C)c1ccc(Cn2cccc2C(N)=S)cc1. The Labute approximate surface area is 113 Å². The molecule has 0 spiro atoms. The average molecular weight is 258 g/mol. The van der Waals surface area contributed by atoms with E-state index < -0.39 is 0 Å². The monoisotopic (exact) mass is 258 g/mol. The van der Waals surface area contributed by atoms with Crippen molar-refractivity contribution < 1.29 is 0 Å². The van der Waals surface area contributed by atoms with E-state index in [0.29, 0.717) is 10.9 Å². The van der Waals surface area contributed by atoms with Gasteiger partial charge in [-0.05, 0) is 29.2 Å². The third-order valence-electron chi connectivity index (χ3n) is 3.08. The molecule has 1 heterocycles. The first-order valence-electron chi connectivity index (χ1n) is 6.11. The van der Waals surface area contributed by atoms with E-state index in [2.05, 4.69) is 42.7 Å². The fraction of sp³-hybridized carbons (Fsp3) is 0.267. The molecule has 1 aromatic carbocycles. The molecule has 0 unspecified atom stereocenters. The van der Waals surface area contributed by atoms with E-state index in [1.54, 1.807) is 0 Å². The zero-order valence-corrected chi connectivity index (χ0v) is 11.6. The summed E-state index contributed by atoms with van der Waals surface area (Å²) >= 11 is 5.03. The minimum atomic E-state index is 0.443. The fourth-order valence-electron chi connectivity index (χ4n) is 1.98. The van der Waals surface area contributed by atoms with Crippen LogP contribution in [0.2, 0.25) is 0 Å². The molecule has 18 heavy (non-hydrogen) atoms. The quantitative estimate of drug-likeness (QED) is 0.853. The lowest BCUT2D eigenvalue weighted by atomic mass is 10.0. The Morgan fingerprint density at radius 2 is 1.89 bits per heavy atom. The number of hydrogen-bond acceptors (Lipinski definition) is 1. The molecule has 0 saturated carbocycles. The molecule has 0 saturated heterocycles. The maximum atomic E-state index is 5.69. The number of thiocarbonyl (C=S) groups is 1. The van der Waals surface area contributed by atoms with Crippen LogP contribution >= 0.6 is 12.2 Å². The molecule has 0 amide bonds. The predicted octanol–water partition coefficient (Wildman–Crippen LogP) is 3.29. The maximum Gasteiger partial charge on any atom is 0.120 e. The van der Waals surface area contributed by atoms with Crippen LogP contribution in [0.3, 0.4) is 0 Å². The number of nitrogens with zero attached hydrogens (tertiary/aromatic N) is 1. The Bertz CT molecular complexity index is 538. The lowest BCUT2D eigenvalue weighted by molar-refractivity contribution is 0.795. The van der Waals surface area contributed by atoms with Crippen molar-refractivity contribution >= 4 is 17.2 Å². The Morgan fingerprint density at radius 1 is 1.22 bits per heavy atom. The van der Waals surface area contributed by atoms with Gasteiger partial charge in [0, 0.05) is 12.7 Å². The van der Waals surface area contributed by atoms with Crippen LogP contribution in [0.15, 0.2) is 42.6 Å². The normalized spacial score (nSPS) is 10.8. The molecule has 0 fully saturated rings. The fourth-order valence-corrected chi connectivity index (χ4v) is 2.17. The highest BCUT2D eigenvalue weighted by atomic mass is 32.1. The molecule has 0 radical (unpaired) electrons. The van der Waals surface area contributed by atoms with Crippen molar-refractivity contribution in [2.75, 3.05) is 0 Å². The Morgan fingerprint density at radius 3 is 2.44 bits per heavy atom. The van der Waals surface area contributed by atoms with Gasteiger partial charge in [-0.1, -0.05) is 50.3 Å². The average Bonchev–Trinajstić information content (AvgIpc) is 2.78. The van der Waals surface area contributed by atoms with Crippen LogP contribution in [0.5, 0.6) is 0 Å².